The lowest BCUT2D eigenvalue weighted by Crippen LogP contribution is -2.24. The molecule has 0 aliphatic heterocycles. The Kier molecular flexibility index (Phi) is 5.18. The van der Waals surface area contributed by atoms with Gasteiger partial charge in [0.15, 0.2) is 0 Å². The molecule has 0 fully saturated rings. The van der Waals surface area contributed by atoms with Gasteiger partial charge in [0.25, 0.3) is 5.91 Å². The van der Waals surface area contributed by atoms with Gasteiger partial charge in [-0.15, -0.1) is 11.6 Å². The minimum atomic E-state index is -0.0611. The average molecular weight is 230 g/mol. The van der Waals surface area contributed by atoms with Crippen molar-refractivity contribution in [3.63, 3.8) is 0 Å². The quantitative estimate of drug-likeness (QED) is 0.595. The Hall–Kier alpha value is -1.03. The summed E-state index contributed by atoms with van der Waals surface area (Å²) in [6.07, 6.45) is 6.29. The van der Waals surface area contributed by atoms with Crippen LogP contribution < -0.4 is 5.32 Å². The van der Waals surface area contributed by atoms with Gasteiger partial charge in [0.2, 0.25) is 0 Å². The Morgan fingerprint density at radius 1 is 1.53 bits per heavy atom. The molecule has 1 aromatic rings. The van der Waals surface area contributed by atoms with Crippen molar-refractivity contribution in [1.82, 2.24) is 15.1 Å². The summed E-state index contributed by atoms with van der Waals surface area (Å²) in [5, 5.41) is 6.77. The highest BCUT2D eigenvalue weighted by Crippen LogP contribution is 1.98. The SMILES string of the molecule is Cn1cc(C(=O)NCCCCCCl)cn1. The number of aryl methyl sites for hydroxylation is 1. The Labute approximate surface area is 94.6 Å². The molecule has 1 amide bonds. The van der Waals surface area contributed by atoms with Gasteiger partial charge in [-0.25, -0.2) is 0 Å². The zero-order valence-electron chi connectivity index (χ0n) is 8.87. The van der Waals surface area contributed by atoms with Crippen LogP contribution in [0.15, 0.2) is 12.4 Å². The molecule has 0 radical (unpaired) electrons. The van der Waals surface area contributed by atoms with E-state index in [9.17, 15) is 4.79 Å². The Balaban J connectivity index is 2.19. The summed E-state index contributed by atoms with van der Waals surface area (Å²) >= 11 is 5.54. The fraction of sp³-hybridized carbons (Fsp3) is 0.600. The smallest absolute Gasteiger partial charge is 0.254 e. The maximum Gasteiger partial charge on any atom is 0.254 e. The molecule has 0 bridgehead atoms. The van der Waals surface area contributed by atoms with Crippen molar-refractivity contribution < 1.29 is 4.79 Å². The van der Waals surface area contributed by atoms with Crippen molar-refractivity contribution >= 4 is 17.5 Å². The van der Waals surface area contributed by atoms with E-state index in [1.807, 2.05) is 0 Å². The van der Waals surface area contributed by atoms with Crippen molar-refractivity contribution in [2.45, 2.75) is 19.3 Å². The summed E-state index contributed by atoms with van der Waals surface area (Å²) in [4.78, 5) is 11.5. The van der Waals surface area contributed by atoms with Crippen LogP contribution in [0, 0.1) is 0 Å². The number of hydrogen-bond donors (Lipinski definition) is 1. The highest BCUT2D eigenvalue weighted by atomic mass is 35.5. The van der Waals surface area contributed by atoms with Gasteiger partial charge in [-0.3, -0.25) is 9.48 Å². The molecule has 1 aromatic heterocycles. The van der Waals surface area contributed by atoms with Crippen LogP contribution >= 0.6 is 11.6 Å². The molecule has 0 aliphatic carbocycles. The van der Waals surface area contributed by atoms with Crippen LogP contribution in [-0.2, 0) is 7.05 Å². The minimum Gasteiger partial charge on any atom is -0.352 e. The van der Waals surface area contributed by atoms with Crippen molar-refractivity contribution in [2.75, 3.05) is 12.4 Å². The minimum absolute atomic E-state index is 0.0611. The van der Waals surface area contributed by atoms with Crippen LogP contribution in [0.2, 0.25) is 0 Å². The summed E-state index contributed by atoms with van der Waals surface area (Å²) < 4.78 is 1.61. The zero-order valence-corrected chi connectivity index (χ0v) is 9.63. The van der Waals surface area contributed by atoms with Gasteiger partial charge in [-0.05, 0) is 12.8 Å². The molecule has 1 heterocycles. The predicted octanol–water partition coefficient (Wildman–Crippen LogP) is 1.56. The summed E-state index contributed by atoms with van der Waals surface area (Å²) in [5.41, 5.74) is 0.606. The Morgan fingerprint density at radius 3 is 2.93 bits per heavy atom. The summed E-state index contributed by atoms with van der Waals surface area (Å²) in [5.74, 6) is 0.630. The molecular formula is C10H16ClN3O. The molecule has 0 unspecified atom stereocenters. The summed E-state index contributed by atoms with van der Waals surface area (Å²) in [6, 6.07) is 0. The number of amides is 1. The maximum absolute atomic E-state index is 11.5. The first-order valence-corrected chi connectivity index (χ1v) is 5.60. The van der Waals surface area contributed by atoms with Gasteiger partial charge in [0, 0.05) is 25.7 Å². The molecule has 15 heavy (non-hydrogen) atoms. The number of hydrogen-bond acceptors (Lipinski definition) is 2. The monoisotopic (exact) mass is 229 g/mol. The van der Waals surface area contributed by atoms with Crippen LogP contribution in [0.1, 0.15) is 29.6 Å². The van der Waals surface area contributed by atoms with E-state index in [4.69, 9.17) is 11.6 Å². The second kappa shape index (κ2) is 6.45. The number of alkyl halides is 1. The first kappa shape index (κ1) is 12.0. The van der Waals surface area contributed by atoms with Crippen molar-refractivity contribution in [3.05, 3.63) is 18.0 Å². The third-order valence-electron chi connectivity index (χ3n) is 2.06. The van der Waals surface area contributed by atoms with Crippen molar-refractivity contribution in [3.8, 4) is 0 Å². The largest absolute Gasteiger partial charge is 0.352 e. The normalized spacial score (nSPS) is 10.3. The second-order valence-electron chi connectivity index (χ2n) is 3.41. The highest BCUT2D eigenvalue weighted by Gasteiger charge is 2.05. The maximum atomic E-state index is 11.5. The summed E-state index contributed by atoms with van der Waals surface area (Å²) in [7, 11) is 1.79. The molecule has 0 aliphatic rings. The number of carbonyl (C=O) groups is 1. The van der Waals surface area contributed by atoms with Crippen molar-refractivity contribution in [2.24, 2.45) is 7.05 Å². The molecular weight excluding hydrogens is 214 g/mol. The van der Waals surface area contributed by atoms with E-state index in [1.165, 1.54) is 0 Å². The number of aromatic nitrogens is 2. The van der Waals surface area contributed by atoms with Crippen LogP contribution in [-0.4, -0.2) is 28.1 Å². The van der Waals surface area contributed by atoms with E-state index in [2.05, 4.69) is 10.4 Å². The van der Waals surface area contributed by atoms with E-state index in [-0.39, 0.29) is 5.91 Å². The van der Waals surface area contributed by atoms with E-state index < -0.39 is 0 Å². The Morgan fingerprint density at radius 2 is 2.33 bits per heavy atom. The first-order chi connectivity index (χ1) is 7.24. The van der Waals surface area contributed by atoms with Gasteiger partial charge in [0.05, 0.1) is 11.8 Å². The number of nitrogens with zero attached hydrogens (tertiary/aromatic N) is 2. The van der Waals surface area contributed by atoms with Crippen LogP contribution in [0.25, 0.3) is 0 Å². The van der Waals surface area contributed by atoms with E-state index in [1.54, 1.807) is 24.1 Å². The van der Waals surface area contributed by atoms with E-state index in [0.717, 1.165) is 19.3 Å². The topological polar surface area (TPSA) is 46.9 Å². The Bertz CT molecular complexity index is 311. The van der Waals surface area contributed by atoms with Gasteiger partial charge < -0.3 is 5.32 Å². The number of unbranched alkanes of at least 4 members (excludes halogenated alkanes) is 2. The standard InChI is InChI=1S/C10H16ClN3O/c1-14-8-9(7-13-14)10(15)12-6-4-2-3-5-11/h7-8H,2-6H2,1H3,(H,12,15). The molecule has 1 rings (SSSR count). The lowest BCUT2D eigenvalue weighted by Gasteiger charge is -2.02. The van der Waals surface area contributed by atoms with Crippen LogP contribution in [0.5, 0.6) is 0 Å². The lowest BCUT2D eigenvalue weighted by atomic mass is 10.2. The molecule has 5 heteroatoms. The molecule has 0 saturated carbocycles. The fourth-order valence-corrected chi connectivity index (χ4v) is 1.43. The van der Waals surface area contributed by atoms with Crippen molar-refractivity contribution in [1.29, 1.82) is 0 Å². The molecule has 0 aromatic carbocycles. The van der Waals surface area contributed by atoms with E-state index >= 15 is 0 Å². The predicted molar refractivity (Wildman–Crippen MR) is 60.1 cm³/mol. The van der Waals surface area contributed by atoms with Gasteiger partial charge in [-0.1, -0.05) is 6.42 Å². The van der Waals surface area contributed by atoms with Crippen LogP contribution in [0.3, 0.4) is 0 Å². The average Bonchev–Trinajstić information content (AvgIpc) is 2.64. The highest BCUT2D eigenvalue weighted by molar-refractivity contribution is 6.17. The third-order valence-corrected chi connectivity index (χ3v) is 2.33. The van der Waals surface area contributed by atoms with Gasteiger partial charge in [-0.2, -0.15) is 5.10 Å². The zero-order chi connectivity index (χ0) is 11.1. The summed E-state index contributed by atoms with van der Waals surface area (Å²) in [6.45, 7) is 0.699. The third kappa shape index (κ3) is 4.34. The molecule has 1 N–H and O–H groups in total. The fourth-order valence-electron chi connectivity index (χ4n) is 1.24. The lowest BCUT2D eigenvalue weighted by molar-refractivity contribution is 0.0953. The number of halogens is 1. The molecule has 0 saturated heterocycles. The number of rotatable bonds is 6. The number of nitrogens with one attached hydrogen (secondary N) is 1. The van der Waals surface area contributed by atoms with E-state index in [0.29, 0.717) is 18.0 Å². The number of carbonyl (C=O) groups excluding carboxylic acids is 1. The van der Waals surface area contributed by atoms with Crippen LogP contribution in [0.4, 0.5) is 0 Å². The molecule has 0 atom stereocenters. The molecule has 84 valence electrons. The van der Waals surface area contributed by atoms with Gasteiger partial charge >= 0.3 is 0 Å². The molecule has 4 nitrogen and oxygen atoms in total. The first-order valence-electron chi connectivity index (χ1n) is 5.07. The van der Waals surface area contributed by atoms with Gasteiger partial charge in [0.1, 0.15) is 0 Å². The second-order valence-corrected chi connectivity index (χ2v) is 3.79. The molecule has 0 spiro atoms.